The van der Waals surface area contributed by atoms with Gasteiger partial charge in [0.05, 0.1) is 21.8 Å². The highest BCUT2D eigenvalue weighted by Gasteiger charge is 2.38. The molecule has 6 nitrogen and oxygen atoms in total. The fraction of sp³-hybridized carbons (Fsp3) is 0.143. The molecule has 2 aliphatic heterocycles. The van der Waals surface area contributed by atoms with E-state index in [4.69, 9.17) is 11.6 Å². The summed E-state index contributed by atoms with van der Waals surface area (Å²) in [6.07, 6.45) is 5.06. The van der Waals surface area contributed by atoms with Gasteiger partial charge in [-0.15, -0.1) is 0 Å². The third-order valence-electron chi connectivity index (χ3n) is 4.67. The van der Waals surface area contributed by atoms with Crippen molar-refractivity contribution in [3.63, 3.8) is 0 Å². The lowest BCUT2D eigenvalue weighted by atomic mass is 10.0. The van der Waals surface area contributed by atoms with Crippen LogP contribution in [-0.4, -0.2) is 23.9 Å². The molecule has 0 bridgehead atoms. The summed E-state index contributed by atoms with van der Waals surface area (Å²) >= 11 is 6.35. The average Bonchev–Trinajstić information content (AvgIpc) is 2.94. The molecule has 0 atom stereocenters. The quantitative estimate of drug-likeness (QED) is 0.796. The molecule has 1 N–H and O–H groups in total. The number of nitrogens with one attached hydrogen (secondary N) is 1. The van der Waals surface area contributed by atoms with Crippen molar-refractivity contribution in [2.24, 2.45) is 4.99 Å². The SMILES string of the molecule is Cc1cccc2c1C(=O)N(c1ccc(NC(=O)C3=CCCC=N3)cc1Cl)C2=O. The van der Waals surface area contributed by atoms with Crippen LogP contribution in [-0.2, 0) is 4.79 Å². The number of hydrogen-bond acceptors (Lipinski definition) is 4. The normalized spacial score (nSPS) is 15.5. The van der Waals surface area contributed by atoms with E-state index in [1.807, 2.05) is 0 Å². The number of aryl methyl sites for hydroxylation is 1. The summed E-state index contributed by atoms with van der Waals surface area (Å²) in [5.41, 5.74) is 2.57. The van der Waals surface area contributed by atoms with Crippen LogP contribution in [0.15, 0.2) is 53.2 Å². The molecule has 2 aromatic carbocycles. The lowest BCUT2D eigenvalue weighted by Gasteiger charge is -2.17. The summed E-state index contributed by atoms with van der Waals surface area (Å²) in [5, 5.41) is 2.91. The molecule has 2 aliphatic rings. The van der Waals surface area contributed by atoms with Crippen molar-refractivity contribution in [2.45, 2.75) is 19.8 Å². The van der Waals surface area contributed by atoms with Crippen molar-refractivity contribution in [2.75, 3.05) is 10.2 Å². The standard InChI is InChI=1S/C21H16ClN3O3/c1-12-5-4-6-14-18(12)21(28)25(20(14)27)17-9-8-13(11-15(17)22)24-19(26)16-7-2-3-10-23-16/h4-11H,2-3H2,1H3,(H,24,26). The molecule has 0 saturated heterocycles. The number of carbonyl (C=O) groups is 3. The number of carbonyl (C=O) groups excluding carboxylic acids is 3. The number of fused-ring (bicyclic) bond motifs is 1. The minimum atomic E-state index is -0.413. The van der Waals surface area contributed by atoms with Gasteiger partial charge in [-0.1, -0.05) is 29.8 Å². The Labute approximate surface area is 166 Å². The largest absolute Gasteiger partial charge is 0.321 e. The minimum Gasteiger partial charge on any atom is -0.321 e. The Morgan fingerprint density at radius 2 is 1.96 bits per heavy atom. The first-order valence-corrected chi connectivity index (χ1v) is 9.17. The fourth-order valence-electron chi connectivity index (χ4n) is 3.30. The molecule has 0 aliphatic carbocycles. The van der Waals surface area contributed by atoms with E-state index in [0.29, 0.717) is 22.5 Å². The Hall–Kier alpha value is -3.25. The molecule has 0 unspecified atom stereocenters. The second kappa shape index (κ2) is 7.05. The molecular formula is C21H16ClN3O3. The van der Waals surface area contributed by atoms with Gasteiger partial charge in [0.25, 0.3) is 17.7 Å². The van der Waals surface area contributed by atoms with Crippen LogP contribution in [0.25, 0.3) is 0 Å². The van der Waals surface area contributed by atoms with Crippen LogP contribution >= 0.6 is 11.6 Å². The van der Waals surface area contributed by atoms with Gasteiger partial charge >= 0.3 is 0 Å². The van der Waals surface area contributed by atoms with Crippen LogP contribution in [0.3, 0.4) is 0 Å². The summed E-state index contributed by atoms with van der Waals surface area (Å²) in [4.78, 5) is 42.9. The molecule has 0 saturated carbocycles. The summed E-state index contributed by atoms with van der Waals surface area (Å²) in [5.74, 6) is -1.15. The molecule has 2 heterocycles. The average molecular weight is 394 g/mol. The molecule has 28 heavy (non-hydrogen) atoms. The number of rotatable bonds is 3. The van der Waals surface area contributed by atoms with E-state index in [1.165, 1.54) is 6.07 Å². The molecule has 0 fully saturated rings. The van der Waals surface area contributed by atoms with Crippen molar-refractivity contribution in [1.29, 1.82) is 0 Å². The number of amides is 3. The first-order valence-electron chi connectivity index (χ1n) is 8.79. The van der Waals surface area contributed by atoms with Gasteiger partial charge in [0.1, 0.15) is 5.70 Å². The predicted octanol–water partition coefficient (Wildman–Crippen LogP) is 4.14. The van der Waals surface area contributed by atoms with Gasteiger partial charge in [0, 0.05) is 11.9 Å². The maximum Gasteiger partial charge on any atom is 0.273 e. The van der Waals surface area contributed by atoms with Crippen molar-refractivity contribution in [3.05, 3.63) is 69.9 Å². The number of halogens is 1. The highest BCUT2D eigenvalue weighted by atomic mass is 35.5. The van der Waals surface area contributed by atoms with E-state index in [2.05, 4.69) is 10.3 Å². The Bertz CT molecular complexity index is 1090. The third-order valence-corrected chi connectivity index (χ3v) is 4.97. The molecule has 0 spiro atoms. The van der Waals surface area contributed by atoms with Crippen LogP contribution in [0, 0.1) is 6.92 Å². The molecule has 3 amide bonds. The lowest BCUT2D eigenvalue weighted by Crippen LogP contribution is -2.29. The van der Waals surface area contributed by atoms with Crippen molar-refractivity contribution in [1.82, 2.24) is 0 Å². The summed E-state index contributed by atoms with van der Waals surface area (Å²) in [6.45, 7) is 1.79. The van der Waals surface area contributed by atoms with Crippen LogP contribution in [0.1, 0.15) is 39.1 Å². The number of imide groups is 1. The Morgan fingerprint density at radius 3 is 2.64 bits per heavy atom. The highest BCUT2D eigenvalue weighted by molar-refractivity contribution is 6.40. The maximum absolute atomic E-state index is 12.8. The zero-order chi connectivity index (χ0) is 19.8. The van der Waals surface area contributed by atoms with Gasteiger partial charge in [-0.25, -0.2) is 4.90 Å². The highest BCUT2D eigenvalue weighted by Crippen LogP contribution is 2.35. The van der Waals surface area contributed by atoms with Crippen molar-refractivity contribution < 1.29 is 14.4 Å². The van der Waals surface area contributed by atoms with E-state index in [-0.39, 0.29) is 16.6 Å². The van der Waals surface area contributed by atoms with Crippen molar-refractivity contribution in [3.8, 4) is 0 Å². The number of anilines is 2. The summed E-state index contributed by atoms with van der Waals surface area (Å²) in [6, 6.07) is 9.82. The first kappa shape index (κ1) is 18.1. The predicted molar refractivity (Wildman–Crippen MR) is 108 cm³/mol. The van der Waals surface area contributed by atoms with Crippen LogP contribution in [0.5, 0.6) is 0 Å². The van der Waals surface area contributed by atoms with Crippen LogP contribution in [0.2, 0.25) is 5.02 Å². The van der Waals surface area contributed by atoms with Gasteiger partial charge in [-0.2, -0.15) is 0 Å². The molecule has 2 aromatic rings. The zero-order valence-electron chi connectivity index (χ0n) is 15.0. The smallest absolute Gasteiger partial charge is 0.273 e. The number of hydrogen-bond donors (Lipinski definition) is 1. The number of nitrogens with zero attached hydrogens (tertiary/aromatic N) is 2. The van der Waals surface area contributed by atoms with Gasteiger partial charge in [-0.3, -0.25) is 19.4 Å². The monoisotopic (exact) mass is 393 g/mol. The number of benzene rings is 2. The van der Waals surface area contributed by atoms with Gasteiger partial charge < -0.3 is 5.32 Å². The Balaban J connectivity index is 1.61. The minimum absolute atomic E-state index is 0.186. The second-order valence-corrected chi connectivity index (χ2v) is 6.95. The molecule has 140 valence electrons. The second-order valence-electron chi connectivity index (χ2n) is 6.54. The lowest BCUT2D eigenvalue weighted by molar-refractivity contribution is -0.112. The summed E-state index contributed by atoms with van der Waals surface area (Å²) < 4.78 is 0. The maximum atomic E-state index is 12.8. The number of allylic oxidation sites excluding steroid dienone is 1. The van der Waals surface area contributed by atoms with Crippen molar-refractivity contribution >= 4 is 46.9 Å². The van der Waals surface area contributed by atoms with E-state index >= 15 is 0 Å². The van der Waals surface area contributed by atoms with E-state index in [0.717, 1.165) is 23.3 Å². The Morgan fingerprint density at radius 1 is 1.14 bits per heavy atom. The Kier molecular flexibility index (Phi) is 4.57. The fourth-order valence-corrected chi connectivity index (χ4v) is 3.56. The van der Waals surface area contributed by atoms with Gasteiger partial charge in [0.2, 0.25) is 0 Å². The van der Waals surface area contributed by atoms with E-state index in [1.54, 1.807) is 49.5 Å². The van der Waals surface area contributed by atoms with Gasteiger partial charge in [-0.05, 0) is 49.6 Å². The summed E-state index contributed by atoms with van der Waals surface area (Å²) in [7, 11) is 0. The molecule has 0 aromatic heterocycles. The van der Waals surface area contributed by atoms with E-state index < -0.39 is 11.8 Å². The van der Waals surface area contributed by atoms with Crippen LogP contribution in [0.4, 0.5) is 11.4 Å². The third kappa shape index (κ3) is 3.01. The van der Waals surface area contributed by atoms with Gasteiger partial charge in [0.15, 0.2) is 0 Å². The molecule has 4 rings (SSSR count). The topological polar surface area (TPSA) is 78.8 Å². The molecule has 7 heteroatoms. The van der Waals surface area contributed by atoms with Crippen LogP contribution < -0.4 is 10.2 Å². The molecule has 0 radical (unpaired) electrons. The molecular weight excluding hydrogens is 378 g/mol. The first-order chi connectivity index (χ1) is 13.5. The van der Waals surface area contributed by atoms with E-state index in [9.17, 15) is 14.4 Å². The number of aliphatic imine (C=N–C) groups is 1. The zero-order valence-corrected chi connectivity index (χ0v) is 15.8.